The molecule has 0 bridgehead atoms. The predicted molar refractivity (Wildman–Crippen MR) is 71.4 cm³/mol. The molecule has 1 saturated carbocycles. The number of nitrogens with one attached hydrogen (secondary N) is 1. The second-order valence-electron chi connectivity index (χ2n) is 5.67. The Bertz CT molecular complexity index is 277. The van der Waals surface area contributed by atoms with Crippen LogP contribution in [0.1, 0.15) is 32.6 Å². The fraction of sp³-hybridized carbons (Fsp3) is 0.929. The molecule has 1 aliphatic carbocycles. The van der Waals surface area contributed by atoms with Gasteiger partial charge in [-0.15, -0.1) is 0 Å². The van der Waals surface area contributed by atoms with Crippen LogP contribution in [0, 0.1) is 11.8 Å². The molecule has 104 valence electrons. The summed E-state index contributed by atoms with van der Waals surface area (Å²) in [6, 6.07) is 0. The molecule has 1 amide bonds. The molecule has 4 heteroatoms. The first kappa shape index (κ1) is 13.8. The Kier molecular flexibility index (Phi) is 5.01. The number of carbonyl (C=O) groups excluding carboxylic acids is 1. The van der Waals surface area contributed by atoms with Gasteiger partial charge >= 0.3 is 0 Å². The highest BCUT2D eigenvalue weighted by Gasteiger charge is 2.33. The van der Waals surface area contributed by atoms with Crippen LogP contribution < -0.4 is 5.32 Å². The number of hydrogen-bond acceptors (Lipinski definition) is 3. The molecule has 4 nitrogen and oxygen atoms in total. The molecule has 0 aromatic heterocycles. The summed E-state index contributed by atoms with van der Waals surface area (Å²) >= 11 is 0. The van der Waals surface area contributed by atoms with Crippen molar-refractivity contribution in [3.05, 3.63) is 0 Å². The van der Waals surface area contributed by atoms with Crippen molar-refractivity contribution in [2.45, 2.75) is 38.7 Å². The third-order valence-corrected chi connectivity index (χ3v) is 4.19. The smallest absolute Gasteiger partial charge is 0.222 e. The summed E-state index contributed by atoms with van der Waals surface area (Å²) in [6.07, 6.45) is 4.46. The lowest BCUT2D eigenvalue weighted by Gasteiger charge is -2.35. The van der Waals surface area contributed by atoms with Gasteiger partial charge in [0.05, 0.1) is 6.10 Å². The molecule has 1 N–H and O–H groups in total. The van der Waals surface area contributed by atoms with Gasteiger partial charge in [0.2, 0.25) is 5.91 Å². The topological polar surface area (TPSA) is 41.6 Å². The Morgan fingerprint density at radius 3 is 2.83 bits per heavy atom. The normalized spacial score (nSPS) is 31.4. The second-order valence-corrected chi connectivity index (χ2v) is 5.67. The van der Waals surface area contributed by atoms with E-state index in [0.717, 1.165) is 51.9 Å². The van der Waals surface area contributed by atoms with Crippen LogP contribution in [-0.4, -0.2) is 50.2 Å². The molecule has 0 aromatic carbocycles. The number of amides is 1. The van der Waals surface area contributed by atoms with Gasteiger partial charge in [0.25, 0.3) is 0 Å². The average Bonchev–Trinajstić information content (AvgIpc) is 2.75. The quantitative estimate of drug-likeness (QED) is 0.776. The zero-order valence-electron chi connectivity index (χ0n) is 11.7. The maximum Gasteiger partial charge on any atom is 0.222 e. The van der Waals surface area contributed by atoms with E-state index in [1.165, 1.54) is 0 Å². The largest absolute Gasteiger partial charge is 0.378 e. The highest BCUT2D eigenvalue weighted by atomic mass is 16.5. The van der Waals surface area contributed by atoms with E-state index in [9.17, 15) is 4.79 Å². The van der Waals surface area contributed by atoms with Gasteiger partial charge in [0, 0.05) is 26.1 Å². The summed E-state index contributed by atoms with van der Waals surface area (Å²) < 4.78 is 5.53. The summed E-state index contributed by atoms with van der Waals surface area (Å²) in [4.78, 5) is 14.2. The van der Waals surface area contributed by atoms with E-state index in [2.05, 4.69) is 10.2 Å². The standard InChI is InChI=1S/C14H26N2O2/c1-3-18-13-6-12(7-13)8-14(17)16-5-4-11(10-16)9-15-2/h11-13,15H,3-10H2,1-2H3. The number of likely N-dealkylation sites (tertiary alicyclic amines) is 1. The molecule has 2 rings (SSSR count). The van der Waals surface area contributed by atoms with E-state index < -0.39 is 0 Å². The van der Waals surface area contributed by atoms with Gasteiger partial charge in [-0.25, -0.2) is 0 Å². The van der Waals surface area contributed by atoms with Crippen LogP contribution in [0.25, 0.3) is 0 Å². The van der Waals surface area contributed by atoms with Gasteiger partial charge in [-0.1, -0.05) is 0 Å². The fourth-order valence-electron chi connectivity index (χ4n) is 3.10. The van der Waals surface area contributed by atoms with Crippen LogP contribution in [-0.2, 0) is 9.53 Å². The summed E-state index contributed by atoms with van der Waals surface area (Å²) in [5.41, 5.74) is 0. The fourth-order valence-corrected chi connectivity index (χ4v) is 3.10. The molecule has 0 radical (unpaired) electrons. The van der Waals surface area contributed by atoms with Crippen LogP contribution in [0.15, 0.2) is 0 Å². The molecule has 2 fully saturated rings. The van der Waals surface area contributed by atoms with Crippen LogP contribution >= 0.6 is 0 Å². The van der Waals surface area contributed by atoms with Crippen molar-refractivity contribution < 1.29 is 9.53 Å². The molecule has 18 heavy (non-hydrogen) atoms. The number of hydrogen-bond donors (Lipinski definition) is 1. The zero-order valence-corrected chi connectivity index (χ0v) is 11.7. The number of rotatable bonds is 6. The van der Waals surface area contributed by atoms with E-state index in [1.807, 2.05) is 14.0 Å². The van der Waals surface area contributed by atoms with Crippen LogP contribution in [0.2, 0.25) is 0 Å². The average molecular weight is 254 g/mol. The first-order valence-corrected chi connectivity index (χ1v) is 7.26. The van der Waals surface area contributed by atoms with Crippen molar-refractivity contribution in [1.82, 2.24) is 10.2 Å². The first-order chi connectivity index (χ1) is 8.72. The van der Waals surface area contributed by atoms with Crippen LogP contribution in [0.5, 0.6) is 0 Å². The maximum absolute atomic E-state index is 12.1. The molecule has 0 spiro atoms. The number of nitrogens with zero attached hydrogens (tertiary/aromatic N) is 1. The third-order valence-electron chi connectivity index (χ3n) is 4.19. The number of ether oxygens (including phenoxy) is 1. The highest BCUT2D eigenvalue weighted by molar-refractivity contribution is 5.76. The Labute approximate surface area is 110 Å². The minimum Gasteiger partial charge on any atom is -0.378 e. The van der Waals surface area contributed by atoms with Crippen molar-refractivity contribution in [2.24, 2.45) is 11.8 Å². The van der Waals surface area contributed by atoms with Crippen molar-refractivity contribution in [2.75, 3.05) is 33.3 Å². The summed E-state index contributed by atoms with van der Waals surface area (Å²) in [7, 11) is 1.98. The molecule has 1 aliphatic heterocycles. The molecular weight excluding hydrogens is 228 g/mol. The van der Waals surface area contributed by atoms with E-state index in [1.54, 1.807) is 0 Å². The second kappa shape index (κ2) is 6.53. The van der Waals surface area contributed by atoms with Crippen molar-refractivity contribution in [3.8, 4) is 0 Å². The van der Waals surface area contributed by atoms with E-state index >= 15 is 0 Å². The van der Waals surface area contributed by atoms with Crippen LogP contribution in [0.4, 0.5) is 0 Å². The van der Waals surface area contributed by atoms with E-state index in [4.69, 9.17) is 4.74 Å². The van der Waals surface area contributed by atoms with Gasteiger partial charge in [-0.3, -0.25) is 4.79 Å². The zero-order chi connectivity index (χ0) is 13.0. The predicted octanol–water partition coefficient (Wildman–Crippen LogP) is 1.26. The third kappa shape index (κ3) is 3.45. The number of carbonyl (C=O) groups is 1. The van der Waals surface area contributed by atoms with Gasteiger partial charge < -0.3 is 15.0 Å². The lowest BCUT2D eigenvalue weighted by Crippen LogP contribution is -2.37. The molecule has 0 aromatic rings. The van der Waals surface area contributed by atoms with Crippen molar-refractivity contribution in [1.29, 1.82) is 0 Å². The van der Waals surface area contributed by atoms with E-state index in [0.29, 0.717) is 23.8 Å². The van der Waals surface area contributed by atoms with Gasteiger partial charge in [-0.2, -0.15) is 0 Å². The molecule has 2 aliphatic rings. The Morgan fingerprint density at radius 2 is 2.17 bits per heavy atom. The molecule has 1 saturated heterocycles. The lowest BCUT2D eigenvalue weighted by molar-refractivity contribution is -0.133. The SMILES string of the molecule is CCOC1CC(CC(=O)N2CCC(CNC)C2)C1. The van der Waals surface area contributed by atoms with Gasteiger partial charge in [-0.05, 0) is 51.6 Å². The summed E-state index contributed by atoms with van der Waals surface area (Å²) in [5.74, 6) is 1.57. The first-order valence-electron chi connectivity index (χ1n) is 7.26. The van der Waals surface area contributed by atoms with E-state index in [-0.39, 0.29) is 0 Å². The minimum atomic E-state index is 0.355. The Morgan fingerprint density at radius 1 is 1.39 bits per heavy atom. The van der Waals surface area contributed by atoms with Crippen molar-refractivity contribution in [3.63, 3.8) is 0 Å². The maximum atomic E-state index is 12.1. The monoisotopic (exact) mass is 254 g/mol. The summed E-state index contributed by atoms with van der Waals surface area (Å²) in [6.45, 7) is 5.75. The van der Waals surface area contributed by atoms with Gasteiger partial charge in [0.1, 0.15) is 0 Å². The van der Waals surface area contributed by atoms with Crippen molar-refractivity contribution >= 4 is 5.91 Å². The Balaban J connectivity index is 1.64. The lowest BCUT2D eigenvalue weighted by atomic mass is 9.80. The Hall–Kier alpha value is -0.610. The molecular formula is C14H26N2O2. The van der Waals surface area contributed by atoms with Crippen LogP contribution in [0.3, 0.4) is 0 Å². The minimum absolute atomic E-state index is 0.355. The highest BCUT2D eigenvalue weighted by Crippen LogP contribution is 2.33. The molecule has 1 atom stereocenters. The molecule has 1 unspecified atom stereocenters. The molecule has 1 heterocycles. The summed E-state index contributed by atoms with van der Waals surface area (Å²) in [5, 5.41) is 3.20. The van der Waals surface area contributed by atoms with Gasteiger partial charge in [0.15, 0.2) is 0 Å².